The summed E-state index contributed by atoms with van der Waals surface area (Å²) in [7, 11) is 4.04. The number of anilines is 2. The van der Waals surface area contributed by atoms with Gasteiger partial charge in [-0.15, -0.1) is 12.4 Å². The van der Waals surface area contributed by atoms with Crippen molar-refractivity contribution in [3.05, 3.63) is 95.1 Å². The number of hydrogen-bond acceptors (Lipinski definition) is 6. The van der Waals surface area contributed by atoms with E-state index in [2.05, 4.69) is 30.4 Å². The highest BCUT2D eigenvalue weighted by Gasteiger charge is 2.16. The molecule has 5 rings (SSSR count). The normalized spacial score (nSPS) is 14.5. The van der Waals surface area contributed by atoms with Crippen molar-refractivity contribution in [3.63, 3.8) is 0 Å². The summed E-state index contributed by atoms with van der Waals surface area (Å²) >= 11 is 0. The highest BCUT2D eigenvalue weighted by atomic mass is 35.5. The van der Waals surface area contributed by atoms with E-state index in [0.29, 0.717) is 22.5 Å². The summed E-state index contributed by atoms with van der Waals surface area (Å²) in [5, 5.41) is 5.80. The summed E-state index contributed by atoms with van der Waals surface area (Å²) in [5.41, 5.74) is 4.40. The predicted molar refractivity (Wildman–Crippen MR) is 151 cm³/mol. The number of carbonyl (C=O) groups is 2. The van der Waals surface area contributed by atoms with Gasteiger partial charge in [-0.25, -0.2) is 0 Å². The molecule has 8 nitrogen and oxygen atoms in total. The van der Waals surface area contributed by atoms with Gasteiger partial charge in [0.25, 0.3) is 11.8 Å². The molecule has 2 aliphatic heterocycles. The molecule has 0 aliphatic carbocycles. The Bertz CT molecular complexity index is 1230. The van der Waals surface area contributed by atoms with Gasteiger partial charge >= 0.3 is 0 Å². The third-order valence-corrected chi connectivity index (χ3v) is 6.33. The highest BCUT2D eigenvalue weighted by molar-refractivity contribution is 6.08. The Hall–Kier alpha value is -4.17. The first-order valence-corrected chi connectivity index (χ1v) is 11.9. The monoisotopic (exact) mass is 516 g/mol. The van der Waals surface area contributed by atoms with Gasteiger partial charge in [0, 0.05) is 60.8 Å². The number of amidine groups is 2. The van der Waals surface area contributed by atoms with E-state index in [1.54, 1.807) is 24.3 Å². The summed E-state index contributed by atoms with van der Waals surface area (Å²) in [4.78, 5) is 38.6. The van der Waals surface area contributed by atoms with Crippen LogP contribution in [0.25, 0.3) is 0 Å². The highest BCUT2D eigenvalue weighted by Crippen LogP contribution is 2.17. The largest absolute Gasteiger partial charge is 0.358 e. The smallest absolute Gasteiger partial charge is 0.255 e. The van der Waals surface area contributed by atoms with Crippen LogP contribution in [0.15, 0.2) is 82.8 Å². The van der Waals surface area contributed by atoms with Crippen LogP contribution in [0.2, 0.25) is 0 Å². The third kappa shape index (κ3) is 5.81. The lowest BCUT2D eigenvalue weighted by atomic mass is 10.1. The third-order valence-electron chi connectivity index (χ3n) is 6.33. The summed E-state index contributed by atoms with van der Waals surface area (Å²) in [6.45, 7) is 3.45. The fourth-order valence-electron chi connectivity index (χ4n) is 4.27. The molecule has 2 heterocycles. The van der Waals surface area contributed by atoms with Gasteiger partial charge in [-0.2, -0.15) is 0 Å². The molecule has 190 valence electrons. The van der Waals surface area contributed by atoms with Crippen molar-refractivity contribution in [2.45, 2.75) is 0 Å². The van der Waals surface area contributed by atoms with Gasteiger partial charge in [0.05, 0.1) is 13.1 Å². The van der Waals surface area contributed by atoms with E-state index < -0.39 is 0 Å². The van der Waals surface area contributed by atoms with Crippen molar-refractivity contribution in [1.29, 1.82) is 0 Å². The minimum absolute atomic E-state index is 0. The molecule has 0 aromatic heterocycles. The Kier molecular flexibility index (Phi) is 7.89. The number of halogens is 1. The van der Waals surface area contributed by atoms with Crippen molar-refractivity contribution >= 4 is 47.3 Å². The SMILES string of the molecule is CN1CCN=C1c1ccc(NC(=O)c2ccc(C(=O)Nc3ccc(C4=NCCN4C)cc3)cc2)cc1.Cl. The number of nitrogens with zero attached hydrogens (tertiary/aromatic N) is 4. The lowest BCUT2D eigenvalue weighted by Gasteiger charge is -2.14. The predicted octanol–water partition coefficient (Wildman–Crippen LogP) is 4.00. The number of aliphatic imine (C=N–C) groups is 2. The molecule has 0 fully saturated rings. The molecule has 0 atom stereocenters. The van der Waals surface area contributed by atoms with Crippen LogP contribution in [-0.4, -0.2) is 73.6 Å². The van der Waals surface area contributed by atoms with Crippen molar-refractivity contribution < 1.29 is 9.59 Å². The Balaban J connectivity index is 0.00000320. The molecule has 2 aliphatic rings. The molecule has 0 spiro atoms. The van der Waals surface area contributed by atoms with Crippen molar-refractivity contribution in [2.24, 2.45) is 9.98 Å². The quantitative estimate of drug-likeness (QED) is 0.518. The molecule has 2 amide bonds. The van der Waals surface area contributed by atoms with Gasteiger partial charge in [-0.3, -0.25) is 19.6 Å². The lowest BCUT2D eigenvalue weighted by Crippen LogP contribution is -2.23. The van der Waals surface area contributed by atoms with Gasteiger partial charge in [0.15, 0.2) is 0 Å². The maximum Gasteiger partial charge on any atom is 0.255 e. The number of amides is 2. The van der Waals surface area contributed by atoms with E-state index in [-0.39, 0.29) is 24.2 Å². The van der Waals surface area contributed by atoms with Crippen molar-refractivity contribution in [3.8, 4) is 0 Å². The van der Waals surface area contributed by atoms with Crippen LogP contribution in [0.1, 0.15) is 31.8 Å². The average molecular weight is 517 g/mol. The maximum atomic E-state index is 12.7. The van der Waals surface area contributed by atoms with Crippen LogP contribution >= 0.6 is 12.4 Å². The van der Waals surface area contributed by atoms with E-state index in [9.17, 15) is 9.59 Å². The lowest BCUT2D eigenvalue weighted by molar-refractivity contribution is 0.101. The average Bonchev–Trinajstić information content (AvgIpc) is 3.53. The van der Waals surface area contributed by atoms with Crippen LogP contribution in [0.5, 0.6) is 0 Å². The molecule has 3 aromatic carbocycles. The number of hydrogen-bond donors (Lipinski definition) is 2. The summed E-state index contributed by atoms with van der Waals surface area (Å²) < 4.78 is 0. The molecule has 0 bridgehead atoms. The number of nitrogens with one attached hydrogen (secondary N) is 2. The second-order valence-electron chi connectivity index (χ2n) is 8.89. The minimum atomic E-state index is -0.236. The molecule has 0 saturated heterocycles. The van der Waals surface area contributed by atoms with Gasteiger partial charge in [-0.05, 0) is 72.8 Å². The first-order chi connectivity index (χ1) is 17.5. The zero-order valence-corrected chi connectivity index (χ0v) is 21.6. The van der Waals surface area contributed by atoms with Gasteiger partial charge in [0.2, 0.25) is 0 Å². The molecule has 0 radical (unpaired) electrons. The Morgan fingerprint density at radius 1 is 0.622 bits per heavy atom. The summed E-state index contributed by atoms with van der Waals surface area (Å²) in [6.07, 6.45) is 0. The Labute approximate surface area is 222 Å². The van der Waals surface area contributed by atoms with Crippen LogP contribution in [0.3, 0.4) is 0 Å². The van der Waals surface area contributed by atoms with E-state index in [4.69, 9.17) is 0 Å². The minimum Gasteiger partial charge on any atom is -0.358 e. The fraction of sp³-hybridized carbons (Fsp3) is 0.214. The van der Waals surface area contributed by atoms with Gasteiger partial charge in [0.1, 0.15) is 11.7 Å². The maximum absolute atomic E-state index is 12.7. The first-order valence-electron chi connectivity index (χ1n) is 11.9. The molecule has 0 saturated carbocycles. The van der Waals surface area contributed by atoms with Crippen LogP contribution in [-0.2, 0) is 0 Å². The molecule has 2 N–H and O–H groups in total. The molecule has 37 heavy (non-hydrogen) atoms. The zero-order chi connectivity index (χ0) is 25.1. The van der Waals surface area contributed by atoms with Crippen LogP contribution in [0, 0.1) is 0 Å². The molecular weight excluding hydrogens is 488 g/mol. The molecule has 0 unspecified atom stereocenters. The van der Waals surface area contributed by atoms with E-state index >= 15 is 0 Å². The Morgan fingerprint density at radius 3 is 1.27 bits per heavy atom. The van der Waals surface area contributed by atoms with Crippen LogP contribution in [0.4, 0.5) is 11.4 Å². The van der Waals surface area contributed by atoms with E-state index in [0.717, 1.165) is 49.0 Å². The topological polar surface area (TPSA) is 89.4 Å². The molecule has 3 aromatic rings. The Morgan fingerprint density at radius 2 is 0.973 bits per heavy atom. The van der Waals surface area contributed by atoms with Crippen molar-refractivity contribution in [1.82, 2.24) is 9.80 Å². The number of rotatable bonds is 6. The zero-order valence-electron chi connectivity index (χ0n) is 20.8. The fourth-order valence-corrected chi connectivity index (χ4v) is 4.27. The standard InChI is InChI=1S/C28H28N6O2.ClH/c1-33-17-15-29-25(33)19-7-11-23(12-8-19)31-27(35)21-3-5-22(6-4-21)28(36)32-24-13-9-20(10-14-24)26-30-16-18-34(26)2;/h3-14H,15-18H2,1-2H3,(H,31,35)(H,32,36);1H. The summed E-state index contributed by atoms with van der Waals surface area (Å²) in [5.74, 6) is 1.46. The molecular formula is C28H29ClN6O2. The molecule has 9 heteroatoms. The van der Waals surface area contributed by atoms with Crippen molar-refractivity contribution in [2.75, 3.05) is 50.9 Å². The number of benzene rings is 3. The second kappa shape index (κ2) is 11.3. The van der Waals surface area contributed by atoms with Gasteiger partial charge < -0.3 is 20.4 Å². The number of carbonyl (C=O) groups excluding carboxylic acids is 2. The van der Waals surface area contributed by atoms with Gasteiger partial charge in [-0.1, -0.05) is 0 Å². The second-order valence-corrected chi connectivity index (χ2v) is 8.89. The van der Waals surface area contributed by atoms with Crippen LogP contribution < -0.4 is 10.6 Å². The van der Waals surface area contributed by atoms with E-state index in [1.807, 2.05) is 62.6 Å². The first kappa shape index (κ1) is 25.9. The number of likely N-dealkylation sites (N-methyl/N-ethyl adjacent to an activating group) is 2. The van der Waals surface area contributed by atoms with E-state index in [1.165, 1.54) is 0 Å². The summed E-state index contributed by atoms with van der Waals surface area (Å²) in [6, 6.07) is 21.9.